The van der Waals surface area contributed by atoms with Crippen LogP contribution in [-0.2, 0) is 23.8 Å². The fourth-order valence-corrected chi connectivity index (χ4v) is 14.5. The first-order valence-corrected chi connectivity index (χ1v) is 28.6. The Kier molecular flexibility index (Phi) is 13.0. The number of methoxy groups -OCH3 is 2. The van der Waals surface area contributed by atoms with Gasteiger partial charge in [-0.05, 0) is 93.2 Å². The summed E-state index contributed by atoms with van der Waals surface area (Å²) in [6, 6.07) is 9.22. The molecule has 2 aromatic carbocycles. The fraction of sp³-hybridized carbons (Fsp3) is 0.481. The van der Waals surface area contributed by atoms with E-state index in [9.17, 15) is 19.2 Å². The third-order valence-electron chi connectivity index (χ3n) is 14.9. The van der Waals surface area contributed by atoms with Gasteiger partial charge in [-0.3, -0.25) is 14.2 Å². The van der Waals surface area contributed by atoms with Crippen molar-refractivity contribution in [3.05, 3.63) is 82.3 Å². The van der Waals surface area contributed by atoms with Gasteiger partial charge in [-0.1, -0.05) is 19.9 Å². The van der Waals surface area contributed by atoms with E-state index in [-0.39, 0.29) is 29.7 Å². The van der Waals surface area contributed by atoms with E-state index in [1.54, 1.807) is 28.6 Å². The smallest absolute Gasteiger partial charge is 0.407 e. The maximum absolute atomic E-state index is 17.1. The number of nitrogens with zero attached hydrogens (tertiary/aromatic N) is 6. The van der Waals surface area contributed by atoms with E-state index in [0.29, 0.717) is 90.1 Å². The number of aromatic amines is 2. The van der Waals surface area contributed by atoms with Crippen molar-refractivity contribution >= 4 is 56.3 Å². The predicted molar refractivity (Wildman–Crippen MR) is 275 cm³/mol. The summed E-state index contributed by atoms with van der Waals surface area (Å²) in [7, 11) is 1.31. The summed E-state index contributed by atoms with van der Waals surface area (Å²) in [5, 5.41) is 7.48. The molecule has 4 fully saturated rings. The first kappa shape index (κ1) is 48.8. The van der Waals surface area contributed by atoms with Gasteiger partial charge < -0.3 is 49.3 Å². The molecule has 5 aliphatic rings. The van der Waals surface area contributed by atoms with Crippen molar-refractivity contribution in [1.29, 1.82) is 0 Å². The Bertz CT molecular complexity index is 3100. The molecule has 0 bridgehead atoms. The second-order valence-corrected chi connectivity index (χ2v) is 25.9. The van der Waals surface area contributed by atoms with Gasteiger partial charge in [-0.15, -0.1) is 11.3 Å². The summed E-state index contributed by atoms with van der Waals surface area (Å²) in [5.74, 6) is 2.20. The Hall–Kier alpha value is -6.45. The van der Waals surface area contributed by atoms with Crippen LogP contribution >= 0.6 is 21.4 Å². The van der Waals surface area contributed by atoms with Crippen LogP contribution in [0, 0.1) is 17.7 Å². The zero-order valence-electron chi connectivity index (χ0n) is 41.7. The van der Waals surface area contributed by atoms with E-state index in [4.69, 9.17) is 33.9 Å². The number of ether oxygens (including phenoxy) is 4. The number of benzene rings is 2. The number of hydrogen-bond donors (Lipinski definition) is 4. The molecule has 5 atom stereocenters. The molecule has 8 heterocycles. The van der Waals surface area contributed by atoms with Gasteiger partial charge in [0.2, 0.25) is 18.0 Å². The molecule has 6 aromatic rings. The lowest BCUT2D eigenvalue weighted by Crippen LogP contribution is -2.53. The molecular weight excluding hydrogens is 976 g/mol. The Labute approximate surface area is 427 Å². The normalized spacial score (nSPS) is 21.8. The van der Waals surface area contributed by atoms with Crippen molar-refractivity contribution in [2.75, 3.05) is 58.1 Å². The van der Waals surface area contributed by atoms with Gasteiger partial charge in [0.25, 0.3) is 0 Å². The molecule has 21 heteroatoms. The van der Waals surface area contributed by atoms with Crippen molar-refractivity contribution in [3.8, 4) is 39.5 Å². The molecule has 4 amide bonds. The number of imidazole rings is 2. The summed E-state index contributed by atoms with van der Waals surface area (Å²) < 4.78 is 41.4. The lowest BCUT2D eigenvalue weighted by Gasteiger charge is -2.34. The van der Waals surface area contributed by atoms with Gasteiger partial charge in [-0.25, -0.2) is 39.0 Å². The highest BCUT2D eigenvalue weighted by molar-refractivity contribution is 8.32. The Morgan fingerprint density at radius 2 is 1.55 bits per heavy atom. The molecule has 4 aromatic heterocycles. The molecule has 73 heavy (non-hydrogen) atoms. The second-order valence-electron chi connectivity index (χ2n) is 20.7. The number of rotatable bonds is 12. The lowest BCUT2D eigenvalue weighted by atomic mass is 9.90. The van der Waals surface area contributed by atoms with Gasteiger partial charge in [0, 0.05) is 54.1 Å². The molecule has 3 saturated heterocycles. The highest BCUT2D eigenvalue weighted by Crippen LogP contribution is 2.53. The maximum atomic E-state index is 17.1. The molecule has 0 spiro atoms. The van der Waals surface area contributed by atoms with Gasteiger partial charge in [0.1, 0.15) is 35.3 Å². The number of aromatic nitrogens is 6. The molecular formula is C52H61FN10O8S2. The first-order valence-electron chi connectivity index (χ1n) is 25.0. The number of carbonyl (C=O) groups excluding carboxylic acids is 4. The molecule has 1 saturated carbocycles. The number of alkyl carbamates (subject to hydrolysis) is 2. The number of H-pyrrole nitrogens is 2. The lowest BCUT2D eigenvalue weighted by molar-refractivity contribution is -0.136. The van der Waals surface area contributed by atoms with Crippen LogP contribution in [0.4, 0.5) is 14.0 Å². The summed E-state index contributed by atoms with van der Waals surface area (Å²) in [4.78, 5) is 79.0. The molecule has 1 aliphatic carbocycles. The third kappa shape index (κ3) is 9.32. The Morgan fingerprint density at radius 3 is 2.26 bits per heavy atom. The van der Waals surface area contributed by atoms with Crippen molar-refractivity contribution in [2.45, 2.75) is 88.7 Å². The van der Waals surface area contributed by atoms with Gasteiger partial charge in [0.05, 0.1) is 82.6 Å². The number of hydrogen-bond acceptors (Lipinski definition) is 12. The van der Waals surface area contributed by atoms with Gasteiger partial charge in [-0.2, -0.15) is 0 Å². The minimum Gasteiger partial charge on any atom is -0.464 e. The van der Waals surface area contributed by atoms with Gasteiger partial charge >= 0.3 is 12.2 Å². The number of carbonyl (C=O) groups is 4. The third-order valence-corrected chi connectivity index (χ3v) is 18.3. The number of fused-ring (bicyclic) bond motifs is 5. The minimum absolute atomic E-state index is 0.110. The highest BCUT2D eigenvalue weighted by atomic mass is 32.3. The van der Waals surface area contributed by atoms with Crippen LogP contribution in [0.1, 0.15) is 98.1 Å². The number of likely N-dealkylation sites (tertiary alicyclic amines) is 1. The van der Waals surface area contributed by atoms with E-state index in [1.165, 1.54) is 20.3 Å². The molecule has 18 nitrogen and oxygen atoms in total. The average Bonchev–Trinajstić information content (AvgIpc) is 4.07. The minimum atomic E-state index is -1.26. The predicted octanol–water partition coefficient (Wildman–Crippen LogP) is 8.60. The van der Waals surface area contributed by atoms with Crippen LogP contribution in [0.3, 0.4) is 0 Å². The quantitative estimate of drug-likeness (QED) is 0.0912. The molecule has 4 aliphatic heterocycles. The fourth-order valence-electron chi connectivity index (χ4n) is 11.0. The second kappa shape index (κ2) is 19.4. The first-order chi connectivity index (χ1) is 35.2. The standard InChI is InChI=1S/C52H61FN10O8S2/c1-27(2)43(59-51(66)68-3)48(64)61-15-7-8-37(61)45-54-22-34(57-45)30-11-12-36-32(18-30)20-38-42-33(53)19-31(21-40(42)71-50(63(36)38)41-24-56-47(72-41)29-9-10-29)35-23-55-46(58-35)39-25-73(5,6)26-62(39)49(65)44(60-52(67)69-4)28-13-16-70-17-14-28/h11-12,18-24,27-29,37,39,43-44,50H,7-10,13-17,25-26H2,1-6H3,(H,54,57)(H,55,58)(H,59,66)(H,60,67)/t37-,39-,43?,44-,50-/m0/s1. The van der Waals surface area contributed by atoms with Crippen LogP contribution in [0.15, 0.2) is 55.0 Å². The molecule has 0 radical (unpaired) electrons. The monoisotopic (exact) mass is 1040 g/mol. The van der Waals surface area contributed by atoms with E-state index in [2.05, 4.69) is 43.7 Å². The number of halogens is 1. The Morgan fingerprint density at radius 1 is 0.836 bits per heavy atom. The van der Waals surface area contributed by atoms with Crippen molar-refractivity contribution in [3.63, 3.8) is 0 Å². The summed E-state index contributed by atoms with van der Waals surface area (Å²) >= 11 is 1.62. The zero-order chi connectivity index (χ0) is 50.9. The van der Waals surface area contributed by atoms with Crippen LogP contribution in [-0.4, -0.2) is 133 Å². The highest BCUT2D eigenvalue weighted by Gasteiger charge is 2.45. The van der Waals surface area contributed by atoms with Gasteiger partial charge in [0.15, 0.2) is 0 Å². The Balaban J connectivity index is 0.907. The maximum Gasteiger partial charge on any atom is 0.407 e. The molecule has 386 valence electrons. The van der Waals surface area contributed by atoms with Crippen LogP contribution in [0.25, 0.3) is 44.7 Å². The SMILES string of the molecule is COC(=O)NC(C(=O)N1CCC[C@H]1c1ncc(-c2ccc3c(c2)cc2n3[C@H](c3cnc(C4CC4)s3)Oc3cc(-c4cnc([C@@H]5CS(C)(C)CN5C(=O)[C@@H](NC(=O)OC)C5CCOCC5)[nH]4)cc(F)c3-2)[nH]1)C(C)C. The molecule has 11 rings (SSSR count). The number of thiazole rings is 1. The zero-order valence-corrected chi connectivity index (χ0v) is 43.4. The van der Waals surface area contributed by atoms with Crippen LogP contribution in [0.2, 0.25) is 0 Å². The largest absolute Gasteiger partial charge is 0.464 e. The molecule has 1 unspecified atom stereocenters. The molecule has 4 N–H and O–H groups in total. The summed E-state index contributed by atoms with van der Waals surface area (Å²) in [6.45, 7) is 5.34. The van der Waals surface area contributed by atoms with Crippen molar-refractivity contribution in [2.24, 2.45) is 11.8 Å². The van der Waals surface area contributed by atoms with Crippen molar-refractivity contribution in [1.82, 2.24) is 49.9 Å². The number of amides is 4. The van der Waals surface area contributed by atoms with Crippen LogP contribution < -0.4 is 15.4 Å². The van der Waals surface area contributed by atoms with E-state index in [0.717, 1.165) is 57.7 Å². The van der Waals surface area contributed by atoms with Crippen LogP contribution in [0.5, 0.6) is 5.75 Å². The van der Waals surface area contributed by atoms with E-state index in [1.807, 2.05) is 49.2 Å². The van der Waals surface area contributed by atoms with E-state index >= 15 is 4.39 Å². The summed E-state index contributed by atoms with van der Waals surface area (Å²) in [5.41, 5.74) is 4.57. The van der Waals surface area contributed by atoms with Crippen molar-refractivity contribution < 1.29 is 42.5 Å². The average molecular weight is 1040 g/mol. The summed E-state index contributed by atoms with van der Waals surface area (Å²) in [6.07, 6.45) is 12.8. The number of nitrogens with one attached hydrogen (secondary N) is 4. The van der Waals surface area contributed by atoms with E-state index < -0.39 is 52.4 Å². The topological polar surface area (TPSA) is 211 Å².